The highest BCUT2D eigenvalue weighted by molar-refractivity contribution is 5.98. The summed E-state index contributed by atoms with van der Waals surface area (Å²) in [4.78, 5) is 28.9. The van der Waals surface area contributed by atoms with Crippen LogP contribution in [0, 0.1) is 5.41 Å². The minimum Gasteiger partial charge on any atom is -0.481 e. The number of nitrogens with zero attached hydrogens (tertiary/aromatic N) is 2. The molecule has 1 aliphatic heterocycles. The van der Waals surface area contributed by atoms with Crippen LogP contribution in [0.3, 0.4) is 0 Å². The van der Waals surface area contributed by atoms with Gasteiger partial charge in [-0.05, 0) is 73.2 Å². The van der Waals surface area contributed by atoms with Gasteiger partial charge in [0.1, 0.15) is 11.1 Å². The number of primary amides is 1. The number of carboxylic acid groups (broad SMARTS) is 1. The molecule has 1 amide bonds. The number of aliphatic carboxylic acids is 1. The predicted molar refractivity (Wildman–Crippen MR) is 192 cm³/mol. The first-order valence-electron chi connectivity index (χ1n) is 18.1. The van der Waals surface area contributed by atoms with Crippen molar-refractivity contribution in [3.63, 3.8) is 0 Å². The third-order valence-electron chi connectivity index (χ3n) is 9.21. The number of unbranched alkanes of at least 4 members (excludes halogenated alkanes) is 1. The highest BCUT2D eigenvalue weighted by Crippen LogP contribution is 2.44. The molecular formula is C39H51F8N3O4. The van der Waals surface area contributed by atoms with E-state index in [9.17, 15) is 44.7 Å². The molecule has 1 saturated heterocycles. The number of nitrogens with two attached hydrogens (primary N) is 1. The Kier molecular flexibility index (Phi) is 17.6. The highest BCUT2D eigenvalue weighted by atomic mass is 19.4. The van der Waals surface area contributed by atoms with E-state index in [0.717, 1.165) is 57.1 Å². The van der Waals surface area contributed by atoms with Crippen LogP contribution < -0.4 is 10.5 Å². The molecule has 3 aromatic rings. The lowest BCUT2D eigenvalue weighted by atomic mass is 9.73. The number of piperidine rings is 1. The Morgan fingerprint density at radius 1 is 0.889 bits per heavy atom. The van der Waals surface area contributed by atoms with Crippen molar-refractivity contribution in [3.8, 4) is 17.0 Å². The van der Waals surface area contributed by atoms with Gasteiger partial charge in [-0.25, -0.2) is 8.78 Å². The molecule has 0 bridgehead atoms. The SMILES string of the molecule is CCC(F)(F)F.CCCCC(CCC)(C(N)=O)C(C)(F)F.O=C(O)CCc1cccc2c(-c3ncc(CN4CCCCC4)cc3OC(F)(F)F)cccc12. The molecule has 1 unspecified atom stereocenters. The number of fused-ring (bicyclic) bond motifs is 1. The quantitative estimate of drug-likeness (QED) is 0.158. The van der Waals surface area contributed by atoms with E-state index in [0.29, 0.717) is 42.3 Å². The van der Waals surface area contributed by atoms with Crippen molar-refractivity contribution >= 4 is 22.6 Å². The normalized spacial score (nSPS) is 15.0. The first-order valence-corrected chi connectivity index (χ1v) is 18.1. The molecule has 2 heterocycles. The smallest absolute Gasteiger partial charge is 0.481 e. The minimum atomic E-state index is -4.85. The summed E-state index contributed by atoms with van der Waals surface area (Å²) in [6.45, 7) is 7.93. The van der Waals surface area contributed by atoms with Gasteiger partial charge in [-0.2, -0.15) is 13.2 Å². The Morgan fingerprint density at radius 3 is 2.02 bits per heavy atom. The summed E-state index contributed by atoms with van der Waals surface area (Å²) in [5, 5.41) is 10.5. The standard InChI is InChI=1S/C25H25F3N2O3.C11H21F2NO.C3H5F3/c26-25(27,28)33-22-14-17(16-30-12-2-1-3-13-30)15-29-24(22)21-9-5-7-19-18(10-11-23(31)32)6-4-8-20(19)21;1-4-6-8-11(7-5-2,9(14)15)10(3,12)13;1-2-3(4,5)6/h4-9,14-15H,1-3,10-13,16H2,(H,31,32);4-8H2,1-3H3,(H2,14,15);2H2,1H3. The second-order valence-corrected chi connectivity index (χ2v) is 13.4. The molecule has 3 N–H and O–H groups in total. The molecule has 54 heavy (non-hydrogen) atoms. The van der Waals surface area contributed by atoms with Gasteiger partial charge in [-0.1, -0.05) is 82.9 Å². The lowest BCUT2D eigenvalue weighted by Gasteiger charge is -2.35. The molecule has 15 heteroatoms. The van der Waals surface area contributed by atoms with Gasteiger partial charge in [0.15, 0.2) is 5.75 Å². The molecule has 1 aliphatic rings. The van der Waals surface area contributed by atoms with E-state index in [4.69, 9.17) is 10.8 Å². The molecule has 1 fully saturated rings. The summed E-state index contributed by atoms with van der Waals surface area (Å²) in [5.74, 6) is -5.15. The van der Waals surface area contributed by atoms with Gasteiger partial charge in [-0.3, -0.25) is 19.5 Å². The number of benzene rings is 2. The summed E-state index contributed by atoms with van der Waals surface area (Å²) in [5.41, 5.74) is 5.61. The second kappa shape index (κ2) is 20.6. The summed E-state index contributed by atoms with van der Waals surface area (Å²) < 4.78 is 104. The van der Waals surface area contributed by atoms with E-state index < -0.39 is 42.2 Å². The average molecular weight is 778 g/mol. The van der Waals surface area contributed by atoms with Crippen LogP contribution in [0.4, 0.5) is 35.1 Å². The average Bonchev–Trinajstić information content (AvgIpc) is 3.08. The van der Waals surface area contributed by atoms with Crippen molar-refractivity contribution in [2.75, 3.05) is 13.1 Å². The largest absolute Gasteiger partial charge is 0.573 e. The Morgan fingerprint density at radius 2 is 1.50 bits per heavy atom. The fourth-order valence-corrected chi connectivity index (χ4v) is 6.33. The van der Waals surface area contributed by atoms with Gasteiger partial charge >= 0.3 is 18.5 Å². The fourth-order valence-electron chi connectivity index (χ4n) is 6.33. The minimum absolute atomic E-state index is 0.0325. The van der Waals surface area contributed by atoms with Gasteiger partial charge in [0.2, 0.25) is 5.91 Å². The van der Waals surface area contributed by atoms with Crippen LogP contribution in [-0.4, -0.2) is 58.4 Å². The molecule has 0 saturated carbocycles. The zero-order valence-corrected chi connectivity index (χ0v) is 31.2. The van der Waals surface area contributed by atoms with Crippen LogP contribution in [0.1, 0.15) is 103 Å². The van der Waals surface area contributed by atoms with Gasteiger partial charge in [0, 0.05) is 38.1 Å². The first-order chi connectivity index (χ1) is 25.2. The van der Waals surface area contributed by atoms with Crippen LogP contribution in [0.25, 0.3) is 22.0 Å². The van der Waals surface area contributed by atoms with Crippen LogP contribution in [-0.2, 0) is 22.6 Å². The molecule has 0 spiro atoms. The molecule has 1 aromatic heterocycles. The number of carboxylic acids is 1. The highest BCUT2D eigenvalue weighted by Gasteiger charge is 2.53. The summed E-state index contributed by atoms with van der Waals surface area (Å²) in [6, 6.07) is 12.1. The Labute approximate surface area is 311 Å². The monoisotopic (exact) mass is 777 g/mol. The van der Waals surface area contributed by atoms with Crippen molar-refractivity contribution in [2.24, 2.45) is 11.1 Å². The van der Waals surface area contributed by atoms with Crippen molar-refractivity contribution in [2.45, 2.75) is 123 Å². The molecule has 0 aliphatic carbocycles. The van der Waals surface area contributed by atoms with E-state index in [1.54, 1.807) is 37.4 Å². The van der Waals surface area contributed by atoms with E-state index in [1.807, 2.05) is 19.1 Å². The second-order valence-electron chi connectivity index (χ2n) is 13.4. The van der Waals surface area contributed by atoms with E-state index in [-0.39, 0.29) is 30.7 Å². The maximum absolute atomic E-state index is 13.5. The van der Waals surface area contributed by atoms with E-state index >= 15 is 0 Å². The molecule has 0 radical (unpaired) electrons. The van der Waals surface area contributed by atoms with Crippen LogP contribution >= 0.6 is 0 Å². The van der Waals surface area contributed by atoms with Gasteiger partial charge < -0.3 is 15.6 Å². The number of likely N-dealkylation sites (tertiary alicyclic amines) is 1. The van der Waals surface area contributed by atoms with Crippen molar-refractivity contribution < 1.29 is 54.6 Å². The number of alkyl halides is 8. The van der Waals surface area contributed by atoms with Crippen LogP contribution in [0.15, 0.2) is 48.7 Å². The van der Waals surface area contributed by atoms with Crippen molar-refractivity contribution in [1.82, 2.24) is 9.88 Å². The summed E-state index contributed by atoms with van der Waals surface area (Å²) in [7, 11) is 0. The number of carbonyl (C=O) groups excluding carboxylic acids is 1. The van der Waals surface area contributed by atoms with Gasteiger partial charge in [0.25, 0.3) is 5.92 Å². The maximum Gasteiger partial charge on any atom is 0.573 e. The van der Waals surface area contributed by atoms with E-state index in [1.165, 1.54) is 12.5 Å². The first kappa shape index (κ1) is 46.1. The molecule has 1 atom stereocenters. The number of rotatable bonds is 14. The van der Waals surface area contributed by atoms with E-state index in [2.05, 4.69) is 14.6 Å². The summed E-state index contributed by atoms with van der Waals surface area (Å²) >= 11 is 0. The molecule has 4 rings (SSSR count). The molecule has 302 valence electrons. The van der Waals surface area contributed by atoms with Crippen molar-refractivity contribution in [3.05, 3.63) is 59.8 Å². The van der Waals surface area contributed by atoms with Crippen LogP contribution in [0.5, 0.6) is 5.75 Å². The summed E-state index contributed by atoms with van der Waals surface area (Å²) in [6.07, 6.45) is -2.04. The molecular weight excluding hydrogens is 726 g/mol. The zero-order valence-electron chi connectivity index (χ0n) is 31.2. The third-order valence-corrected chi connectivity index (χ3v) is 9.21. The topological polar surface area (TPSA) is 106 Å². The third kappa shape index (κ3) is 14.3. The number of hydrogen-bond acceptors (Lipinski definition) is 5. The molecule has 7 nitrogen and oxygen atoms in total. The number of amides is 1. The number of carbonyl (C=O) groups is 2. The number of pyridine rings is 1. The lowest BCUT2D eigenvalue weighted by molar-refractivity contribution is -0.274. The number of aryl methyl sites for hydroxylation is 1. The van der Waals surface area contributed by atoms with Crippen molar-refractivity contribution in [1.29, 1.82) is 0 Å². The van der Waals surface area contributed by atoms with Gasteiger partial charge in [0.05, 0.1) is 0 Å². The predicted octanol–water partition coefficient (Wildman–Crippen LogP) is 10.9. The Hall–Kier alpha value is -4.01. The Bertz CT molecular complexity index is 1640. The molecule has 2 aromatic carbocycles. The van der Waals surface area contributed by atoms with Gasteiger partial charge in [-0.15, -0.1) is 13.2 Å². The zero-order chi connectivity index (χ0) is 40.7. The number of hydrogen-bond donors (Lipinski definition) is 2. The number of halogens is 8. The maximum atomic E-state index is 13.5. The Balaban J connectivity index is 0.000000399. The number of aromatic nitrogens is 1. The fraction of sp³-hybridized carbons (Fsp3) is 0.564. The number of ether oxygens (including phenoxy) is 1. The lowest BCUT2D eigenvalue weighted by Crippen LogP contribution is -2.49. The van der Waals surface area contributed by atoms with Crippen LogP contribution in [0.2, 0.25) is 0 Å².